The zero-order valence-electron chi connectivity index (χ0n) is 15.9. The lowest BCUT2D eigenvalue weighted by Gasteiger charge is -2.20. The molecule has 1 aliphatic heterocycles. The van der Waals surface area contributed by atoms with Gasteiger partial charge in [0.2, 0.25) is 11.8 Å². The van der Waals surface area contributed by atoms with Crippen LogP contribution >= 0.6 is 0 Å². The summed E-state index contributed by atoms with van der Waals surface area (Å²) in [6.07, 6.45) is 6.94. The zero-order chi connectivity index (χ0) is 20.6. The van der Waals surface area contributed by atoms with Crippen LogP contribution in [0.25, 0.3) is 12.2 Å². The second-order valence-corrected chi connectivity index (χ2v) is 6.77. The highest BCUT2D eigenvalue weighted by molar-refractivity contribution is 5.93. The molecule has 150 valence electrons. The van der Waals surface area contributed by atoms with Gasteiger partial charge in [0.1, 0.15) is 11.6 Å². The van der Waals surface area contributed by atoms with Crippen molar-refractivity contribution in [1.29, 1.82) is 0 Å². The summed E-state index contributed by atoms with van der Waals surface area (Å²) in [5.74, 6) is -0.908. The Hall–Kier alpha value is -3.28. The van der Waals surface area contributed by atoms with Crippen LogP contribution in [0.3, 0.4) is 0 Å². The fourth-order valence-corrected chi connectivity index (χ4v) is 3.05. The minimum Gasteiger partial charge on any atom is -0.337 e. The van der Waals surface area contributed by atoms with Gasteiger partial charge in [-0.15, -0.1) is 0 Å². The molecule has 1 heterocycles. The van der Waals surface area contributed by atoms with Crippen LogP contribution in [0.5, 0.6) is 0 Å². The molecule has 1 aliphatic rings. The van der Waals surface area contributed by atoms with Crippen molar-refractivity contribution in [3.8, 4) is 0 Å². The number of hydrogen-bond donors (Lipinski definition) is 0. The van der Waals surface area contributed by atoms with E-state index < -0.39 is 0 Å². The maximum Gasteiger partial charge on any atom is 0.246 e. The molecule has 4 nitrogen and oxygen atoms in total. The quantitative estimate of drug-likeness (QED) is 0.739. The first kappa shape index (κ1) is 20.5. The third kappa shape index (κ3) is 6.10. The molecule has 1 fully saturated rings. The van der Waals surface area contributed by atoms with Crippen LogP contribution in [0.4, 0.5) is 8.78 Å². The first-order valence-corrected chi connectivity index (χ1v) is 9.46. The van der Waals surface area contributed by atoms with E-state index in [0.717, 1.165) is 11.1 Å². The van der Waals surface area contributed by atoms with E-state index in [0.29, 0.717) is 32.6 Å². The summed E-state index contributed by atoms with van der Waals surface area (Å²) < 4.78 is 25.9. The minimum atomic E-state index is -0.320. The Kier molecular flexibility index (Phi) is 6.89. The van der Waals surface area contributed by atoms with Crippen LogP contribution in [0.1, 0.15) is 17.5 Å². The average molecular weight is 396 g/mol. The van der Waals surface area contributed by atoms with Crippen molar-refractivity contribution in [2.24, 2.45) is 0 Å². The molecular weight excluding hydrogens is 374 g/mol. The molecule has 0 aromatic heterocycles. The van der Waals surface area contributed by atoms with Crippen LogP contribution in [0.2, 0.25) is 0 Å². The molecular formula is C23H22F2N2O2. The lowest BCUT2D eigenvalue weighted by molar-refractivity contribution is -0.128. The lowest BCUT2D eigenvalue weighted by atomic mass is 10.2. The van der Waals surface area contributed by atoms with Crippen molar-refractivity contribution < 1.29 is 18.4 Å². The van der Waals surface area contributed by atoms with Crippen molar-refractivity contribution in [1.82, 2.24) is 9.80 Å². The Morgan fingerprint density at radius 2 is 1.03 bits per heavy atom. The summed E-state index contributed by atoms with van der Waals surface area (Å²) in [5, 5.41) is 0. The maximum atomic E-state index is 12.9. The molecule has 3 rings (SSSR count). The van der Waals surface area contributed by atoms with Gasteiger partial charge in [-0.25, -0.2) is 8.78 Å². The average Bonchev–Trinajstić information content (AvgIpc) is 2.99. The van der Waals surface area contributed by atoms with Gasteiger partial charge in [0.15, 0.2) is 0 Å². The minimum absolute atomic E-state index is 0.134. The standard InChI is InChI=1S/C23H22F2N2O2/c24-20-8-2-18(3-9-20)6-12-22(28)26-14-1-15-27(17-16-26)23(29)13-7-19-4-10-21(25)11-5-19/h2-13H,1,14-17H2/b12-6-,13-7-. The lowest BCUT2D eigenvalue weighted by Crippen LogP contribution is -2.36. The Balaban J connectivity index is 1.53. The van der Waals surface area contributed by atoms with Crippen LogP contribution in [0, 0.1) is 11.6 Å². The van der Waals surface area contributed by atoms with Crippen molar-refractivity contribution in [3.63, 3.8) is 0 Å². The highest BCUT2D eigenvalue weighted by Gasteiger charge is 2.19. The number of nitrogens with zero attached hydrogens (tertiary/aromatic N) is 2. The molecule has 0 aliphatic carbocycles. The van der Waals surface area contributed by atoms with E-state index in [4.69, 9.17) is 0 Å². The largest absolute Gasteiger partial charge is 0.337 e. The van der Waals surface area contributed by atoms with Gasteiger partial charge in [0.25, 0.3) is 0 Å². The van der Waals surface area contributed by atoms with Crippen LogP contribution in [-0.4, -0.2) is 47.8 Å². The summed E-state index contributed by atoms with van der Waals surface area (Å²) in [4.78, 5) is 28.3. The van der Waals surface area contributed by atoms with Gasteiger partial charge in [-0.05, 0) is 54.0 Å². The molecule has 1 saturated heterocycles. The zero-order valence-corrected chi connectivity index (χ0v) is 15.9. The fraction of sp³-hybridized carbons (Fsp3) is 0.217. The van der Waals surface area contributed by atoms with E-state index in [-0.39, 0.29) is 23.4 Å². The molecule has 0 bridgehead atoms. The van der Waals surface area contributed by atoms with Gasteiger partial charge in [-0.1, -0.05) is 24.3 Å². The molecule has 2 aromatic carbocycles. The summed E-state index contributed by atoms with van der Waals surface area (Å²) in [5.41, 5.74) is 1.50. The Labute approximate surface area is 168 Å². The Morgan fingerprint density at radius 3 is 1.41 bits per heavy atom. The molecule has 0 spiro atoms. The Morgan fingerprint density at radius 1 is 0.655 bits per heavy atom. The molecule has 0 atom stereocenters. The third-order valence-corrected chi connectivity index (χ3v) is 4.70. The van der Waals surface area contributed by atoms with E-state index in [9.17, 15) is 18.4 Å². The molecule has 0 N–H and O–H groups in total. The fourth-order valence-electron chi connectivity index (χ4n) is 3.05. The first-order chi connectivity index (χ1) is 14.0. The van der Waals surface area contributed by atoms with Crippen molar-refractivity contribution in [2.45, 2.75) is 6.42 Å². The van der Waals surface area contributed by atoms with E-state index in [1.807, 2.05) is 0 Å². The van der Waals surface area contributed by atoms with Crippen molar-refractivity contribution >= 4 is 24.0 Å². The molecule has 0 saturated carbocycles. The maximum absolute atomic E-state index is 12.9. The number of hydrogen-bond acceptors (Lipinski definition) is 2. The number of rotatable bonds is 4. The number of benzene rings is 2. The van der Waals surface area contributed by atoms with Crippen LogP contribution in [-0.2, 0) is 9.59 Å². The SMILES string of the molecule is O=C(/C=C\c1ccc(F)cc1)N1CCCN(C(=O)/C=C\c2ccc(F)cc2)CC1. The van der Waals surface area contributed by atoms with E-state index >= 15 is 0 Å². The molecule has 0 unspecified atom stereocenters. The van der Waals surface area contributed by atoms with Gasteiger partial charge in [0.05, 0.1) is 0 Å². The number of halogens is 2. The molecule has 6 heteroatoms. The molecule has 2 amide bonds. The summed E-state index contributed by atoms with van der Waals surface area (Å²) in [7, 11) is 0. The summed E-state index contributed by atoms with van der Waals surface area (Å²) >= 11 is 0. The van der Waals surface area contributed by atoms with Gasteiger partial charge in [-0.3, -0.25) is 9.59 Å². The first-order valence-electron chi connectivity index (χ1n) is 9.46. The second kappa shape index (κ2) is 9.78. The highest BCUT2D eigenvalue weighted by Crippen LogP contribution is 2.09. The molecule has 0 radical (unpaired) electrons. The summed E-state index contributed by atoms with van der Waals surface area (Å²) in [6, 6.07) is 11.8. The van der Waals surface area contributed by atoms with Crippen molar-refractivity contribution in [3.05, 3.63) is 83.4 Å². The Bertz CT molecular complexity index is 830. The van der Waals surface area contributed by atoms with Crippen molar-refractivity contribution in [2.75, 3.05) is 26.2 Å². The monoisotopic (exact) mass is 396 g/mol. The van der Waals surface area contributed by atoms with Gasteiger partial charge < -0.3 is 9.80 Å². The number of carbonyl (C=O) groups is 2. The van der Waals surface area contributed by atoms with Gasteiger partial charge >= 0.3 is 0 Å². The number of amides is 2. The molecule has 29 heavy (non-hydrogen) atoms. The van der Waals surface area contributed by atoms with Crippen LogP contribution in [0.15, 0.2) is 60.7 Å². The van der Waals surface area contributed by atoms with Gasteiger partial charge in [-0.2, -0.15) is 0 Å². The second-order valence-electron chi connectivity index (χ2n) is 6.77. The predicted octanol–water partition coefficient (Wildman–Crippen LogP) is 3.75. The van der Waals surface area contributed by atoms with E-state index in [2.05, 4.69) is 0 Å². The smallest absolute Gasteiger partial charge is 0.246 e. The predicted molar refractivity (Wildman–Crippen MR) is 109 cm³/mol. The van der Waals surface area contributed by atoms with Crippen LogP contribution < -0.4 is 0 Å². The highest BCUT2D eigenvalue weighted by atomic mass is 19.1. The topological polar surface area (TPSA) is 40.6 Å². The number of carbonyl (C=O) groups excluding carboxylic acids is 2. The van der Waals surface area contributed by atoms with E-state index in [1.165, 1.54) is 36.4 Å². The van der Waals surface area contributed by atoms with Gasteiger partial charge in [0, 0.05) is 38.3 Å². The van der Waals surface area contributed by atoms with E-state index in [1.54, 1.807) is 46.2 Å². The normalized spacial score (nSPS) is 15.1. The third-order valence-electron chi connectivity index (χ3n) is 4.70. The summed E-state index contributed by atoms with van der Waals surface area (Å²) in [6.45, 7) is 2.03. The molecule has 2 aromatic rings.